The first-order valence-electron chi connectivity index (χ1n) is 6.97. The number of nitrogens with one attached hydrogen (secondary N) is 1. The first kappa shape index (κ1) is 14.1. The lowest BCUT2D eigenvalue weighted by Gasteiger charge is -2.10. The van der Waals surface area contributed by atoms with E-state index in [4.69, 9.17) is 9.47 Å². The molecule has 1 aliphatic rings. The van der Waals surface area contributed by atoms with E-state index >= 15 is 0 Å². The van der Waals surface area contributed by atoms with E-state index in [1.165, 1.54) is 12.8 Å². The third-order valence-corrected chi connectivity index (χ3v) is 2.95. The van der Waals surface area contributed by atoms with Gasteiger partial charge in [0.2, 0.25) is 5.88 Å². The predicted octanol–water partition coefficient (Wildman–Crippen LogP) is 2.59. The van der Waals surface area contributed by atoms with Gasteiger partial charge in [-0.2, -0.15) is 4.98 Å². The van der Waals surface area contributed by atoms with Crippen LogP contribution in [0.25, 0.3) is 0 Å². The van der Waals surface area contributed by atoms with E-state index in [1.807, 2.05) is 19.9 Å². The fourth-order valence-corrected chi connectivity index (χ4v) is 1.77. The van der Waals surface area contributed by atoms with Crippen molar-refractivity contribution in [2.45, 2.75) is 45.1 Å². The molecule has 1 fully saturated rings. The molecule has 1 heterocycles. The van der Waals surface area contributed by atoms with E-state index in [0.29, 0.717) is 17.9 Å². The van der Waals surface area contributed by atoms with Crippen LogP contribution in [0.3, 0.4) is 0 Å². The van der Waals surface area contributed by atoms with Crippen LogP contribution < -0.4 is 10.1 Å². The minimum atomic E-state index is 0.292. The highest BCUT2D eigenvalue weighted by atomic mass is 16.5. The van der Waals surface area contributed by atoms with Gasteiger partial charge in [0.15, 0.2) is 0 Å². The maximum atomic E-state index is 5.50. The maximum absolute atomic E-state index is 5.50. The number of methoxy groups -OCH3 is 1. The van der Waals surface area contributed by atoms with E-state index in [1.54, 1.807) is 7.11 Å². The van der Waals surface area contributed by atoms with Gasteiger partial charge in [-0.3, -0.25) is 0 Å². The number of hydrogen-bond acceptors (Lipinski definition) is 5. The molecule has 0 unspecified atom stereocenters. The largest absolute Gasteiger partial charge is 0.481 e. The molecule has 1 aromatic heterocycles. The highest BCUT2D eigenvalue weighted by Gasteiger charge is 2.27. The Morgan fingerprint density at radius 3 is 2.79 bits per heavy atom. The van der Waals surface area contributed by atoms with Gasteiger partial charge in [0, 0.05) is 25.1 Å². The minimum Gasteiger partial charge on any atom is -0.481 e. The summed E-state index contributed by atoms with van der Waals surface area (Å²) in [4.78, 5) is 8.92. The summed E-state index contributed by atoms with van der Waals surface area (Å²) < 4.78 is 10.7. The van der Waals surface area contributed by atoms with Crippen LogP contribution in [0.2, 0.25) is 0 Å². The molecule has 1 N–H and O–H groups in total. The Labute approximate surface area is 114 Å². The smallest absolute Gasteiger partial charge is 0.218 e. The maximum Gasteiger partial charge on any atom is 0.218 e. The van der Waals surface area contributed by atoms with Crippen LogP contribution in [0.4, 0.5) is 5.82 Å². The zero-order valence-electron chi connectivity index (χ0n) is 12.0. The van der Waals surface area contributed by atoms with Gasteiger partial charge in [0.1, 0.15) is 11.6 Å². The highest BCUT2D eigenvalue weighted by molar-refractivity contribution is 5.39. The first-order chi connectivity index (χ1) is 9.19. The first-order valence-corrected chi connectivity index (χ1v) is 6.97. The predicted molar refractivity (Wildman–Crippen MR) is 74.8 cm³/mol. The Hall–Kier alpha value is -1.36. The molecule has 5 heteroatoms. The van der Waals surface area contributed by atoms with Crippen LogP contribution in [0.5, 0.6) is 5.88 Å². The summed E-state index contributed by atoms with van der Waals surface area (Å²) in [7, 11) is 1.64. The molecule has 0 aliphatic heterocycles. The lowest BCUT2D eigenvalue weighted by atomic mass is 10.3. The number of hydrogen-bond donors (Lipinski definition) is 1. The number of ether oxygens (including phenoxy) is 2. The van der Waals surface area contributed by atoms with Crippen molar-refractivity contribution >= 4 is 5.82 Å². The quantitative estimate of drug-likeness (QED) is 0.732. The summed E-state index contributed by atoms with van der Waals surface area (Å²) in [5.74, 6) is 2.91. The van der Waals surface area contributed by atoms with E-state index < -0.39 is 0 Å². The fraction of sp³-hybridized carbons (Fsp3) is 0.714. The molecule has 0 atom stereocenters. The summed E-state index contributed by atoms with van der Waals surface area (Å²) in [5, 5.41) is 3.31. The van der Waals surface area contributed by atoms with Crippen LogP contribution in [-0.4, -0.2) is 36.3 Å². The Morgan fingerprint density at radius 2 is 2.16 bits per heavy atom. The van der Waals surface area contributed by atoms with Gasteiger partial charge in [0.25, 0.3) is 0 Å². The zero-order valence-corrected chi connectivity index (χ0v) is 12.0. The van der Waals surface area contributed by atoms with Crippen molar-refractivity contribution in [1.82, 2.24) is 9.97 Å². The van der Waals surface area contributed by atoms with Crippen molar-refractivity contribution in [3.8, 4) is 5.88 Å². The van der Waals surface area contributed by atoms with Crippen LogP contribution in [0, 0.1) is 0 Å². The van der Waals surface area contributed by atoms with Crippen LogP contribution >= 0.6 is 0 Å². The Bertz CT molecular complexity index is 406. The van der Waals surface area contributed by atoms with Crippen molar-refractivity contribution in [1.29, 1.82) is 0 Å². The molecule has 2 rings (SSSR count). The molecule has 0 radical (unpaired) electrons. The fourth-order valence-electron chi connectivity index (χ4n) is 1.77. The van der Waals surface area contributed by atoms with E-state index in [0.717, 1.165) is 31.2 Å². The second kappa shape index (κ2) is 6.70. The Balaban J connectivity index is 1.83. The van der Waals surface area contributed by atoms with Crippen molar-refractivity contribution in [2.24, 2.45) is 0 Å². The summed E-state index contributed by atoms with van der Waals surface area (Å²) in [6, 6.07) is 1.84. The van der Waals surface area contributed by atoms with E-state index in [9.17, 15) is 0 Å². The molecule has 0 saturated heterocycles. The van der Waals surface area contributed by atoms with Gasteiger partial charge in [0.05, 0.1) is 13.2 Å². The molecule has 19 heavy (non-hydrogen) atoms. The molecule has 0 aromatic carbocycles. The van der Waals surface area contributed by atoms with Crippen LogP contribution in [0.15, 0.2) is 6.07 Å². The molecule has 1 aliphatic carbocycles. The molecule has 106 valence electrons. The normalized spacial score (nSPS) is 14.7. The lowest BCUT2D eigenvalue weighted by molar-refractivity contribution is 0.0787. The summed E-state index contributed by atoms with van der Waals surface area (Å²) >= 11 is 0. The average Bonchev–Trinajstić information content (AvgIpc) is 3.22. The van der Waals surface area contributed by atoms with Gasteiger partial charge < -0.3 is 14.8 Å². The molecule has 1 aromatic rings. The number of rotatable bonds is 8. The minimum absolute atomic E-state index is 0.292. The van der Waals surface area contributed by atoms with Gasteiger partial charge in [-0.25, -0.2) is 4.98 Å². The standard InChI is InChI=1S/C14H23N3O2/c1-10(2)19-8-4-7-15-12-9-13(18-3)17-14(16-12)11-5-6-11/h9-11H,4-8H2,1-3H3,(H,15,16,17). The molecule has 0 bridgehead atoms. The highest BCUT2D eigenvalue weighted by Crippen LogP contribution is 2.39. The van der Waals surface area contributed by atoms with Crippen LogP contribution in [0.1, 0.15) is 44.9 Å². The number of nitrogens with zero attached hydrogens (tertiary/aromatic N) is 2. The molecular formula is C14H23N3O2. The third-order valence-electron chi connectivity index (χ3n) is 2.95. The van der Waals surface area contributed by atoms with Crippen molar-refractivity contribution < 1.29 is 9.47 Å². The molecular weight excluding hydrogens is 242 g/mol. The monoisotopic (exact) mass is 265 g/mol. The number of aromatic nitrogens is 2. The Morgan fingerprint density at radius 1 is 1.37 bits per heavy atom. The summed E-state index contributed by atoms with van der Waals surface area (Å²) in [5.41, 5.74) is 0. The topological polar surface area (TPSA) is 56.3 Å². The van der Waals surface area contributed by atoms with Crippen molar-refractivity contribution in [2.75, 3.05) is 25.6 Å². The SMILES string of the molecule is COc1cc(NCCCOC(C)C)nc(C2CC2)n1. The van der Waals surface area contributed by atoms with E-state index in [-0.39, 0.29) is 0 Å². The Kier molecular flexibility index (Phi) is 4.96. The summed E-state index contributed by atoms with van der Waals surface area (Å²) in [6.07, 6.45) is 3.63. The van der Waals surface area contributed by atoms with Crippen molar-refractivity contribution in [3.63, 3.8) is 0 Å². The zero-order chi connectivity index (χ0) is 13.7. The van der Waals surface area contributed by atoms with Crippen molar-refractivity contribution in [3.05, 3.63) is 11.9 Å². The van der Waals surface area contributed by atoms with Gasteiger partial charge in [-0.15, -0.1) is 0 Å². The molecule has 0 amide bonds. The average molecular weight is 265 g/mol. The van der Waals surface area contributed by atoms with Gasteiger partial charge >= 0.3 is 0 Å². The molecule has 1 saturated carbocycles. The second-order valence-electron chi connectivity index (χ2n) is 5.13. The summed E-state index contributed by atoms with van der Waals surface area (Å²) in [6.45, 7) is 5.70. The van der Waals surface area contributed by atoms with E-state index in [2.05, 4.69) is 15.3 Å². The van der Waals surface area contributed by atoms with Crippen LogP contribution in [-0.2, 0) is 4.74 Å². The molecule has 5 nitrogen and oxygen atoms in total. The second-order valence-corrected chi connectivity index (χ2v) is 5.13. The van der Waals surface area contributed by atoms with Gasteiger partial charge in [-0.1, -0.05) is 0 Å². The van der Waals surface area contributed by atoms with Gasteiger partial charge in [-0.05, 0) is 33.1 Å². The lowest BCUT2D eigenvalue weighted by Crippen LogP contribution is -2.11. The number of anilines is 1. The molecule has 0 spiro atoms. The third kappa shape index (κ3) is 4.67.